The van der Waals surface area contributed by atoms with E-state index in [2.05, 4.69) is 19.9 Å². The monoisotopic (exact) mass is 110 g/mol. The molecule has 0 saturated carbocycles. The van der Waals surface area contributed by atoms with Crippen LogP contribution in [0, 0.1) is 5.92 Å². The van der Waals surface area contributed by atoms with Gasteiger partial charge in [-0.3, -0.25) is 0 Å². The van der Waals surface area contributed by atoms with Gasteiger partial charge in [-0.15, -0.1) is 0 Å². The van der Waals surface area contributed by atoms with E-state index in [9.17, 15) is 0 Å². The summed E-state index contributed by atoms with van der Waals surface area (Å²) in [5, 5.41) is 0. The van der Waals surface area contributed by atoms with Crippen LogP contribution in [0.5, 0.6) is 0 Å². The zero-order valence-electron chi connectivity index (χ0n) is 5.78. The summed E-state index contributed by atoms with van der Waals surface area (Å²) in [5.74, 6) is 0.865. The predicted molar refractivity (Wildman–Crippen MR) is 36.8 cm³/mol. The van der Waals surface area contributed by atoms with Crippen molar-refractivity contribution in [2.45, 2.75) is 33.1 Å². The third-order valence-electron chi connectivity index (χ3n) is 2.08. The summed E-state index contributed by atoms with van der Waals surface area (Å²) in [4.78, 5) is 0. The molecule has 1 aliphatic carbocycles. The second-order valence-corrected chi connectivity index (χ2v) is 2.78. The lowest BCUT2D eigenvalue weighted by Crippen LogP contribution is -2.00. The Morgan fingerprint density at radius 3 is 2.75 bits per heavy atom. The summed E-state index contributed by atoms with van der Waals surface area (Å²) >= 11 is 0. The van der Waals surface area contributed by atoms with Gasteiger partial charge in [0.05, 0.1) is 0 Å². The lowest BCUT2D eigenvalue weighted by Gasteiger charge is -2.15. The summed E-state index contributed by atoms with van der Waals surface area (Å²) in [5.41, 5.74) is 1.59. The first-order valence-electron chi connectivity index (χ1n) is 3.47. The fourth-order valence-electron chi connectivity index (χ4n) is 1.18. The Bertz CT molecular complexity index is 101. The maximum absolute atomic E-state index is 2.37. The summed E-state index contributed by atoms with van der Waals surface area (Å²) in [6.07, 6.45) is 6.49. The minimum atomic E-state index is 0.865. The molecule has 0 aliphatic heterocycles. The number of hydrogen-bond donors (Lipinski definition) is 0. The Hall–Kier alpha value is -0.260. The standard InChI is InChI=1S/C8H14/c1-7-5-3-4-6-8(7)2/h5,8H,3-4,6H2,1-2H3. The Balaban J connectivity index is 2.53. The maximum atomic E-state index is 2.37. The van der Waals surface area contributed by atoms with E-state index in [1.54, 1.807) is 5.57 Å². The van der Waals surface area contributed by atoms with Crippen LogP contribution < -0.4 is 0 Å². The van der Waals surface area contributed by atoms with Crippen molar-refractivity contribution in [3.8, 4) is 0 Å². The van der Waals surface area contributed by atoms with Gasteiger partial charge in [-0.1, -0.05) is 18.6 Å². The molecule has 0 amide bonds. The summed E-state index contributed by atoms with van der Waals surface area (Å²) in [6.45, 7) is 4.55. The SMILES string of the molecule is CC1=CCCCC1C. The number of hydrogen-bond acceptors (Lipinski definition) is 0. The molecule has 0 aromatic rings. The Morgan fingerprint density at radius 2 is 2.38 bits per heavy atom. The first-order valence-corrected chi connectivity index (χ1v) is 3.47. The van der Waals surface area contributed by atoms with Gasteiger partial charge in [0.15, 0.2) is 0 Å². The molecule has 0 bridgehead atoms. The van der Waals surface area contributed by atoms with Gasteiger partial charge in [0.25, 0.3) is 0 Å². The molecular formula is C8H14. The van der Waals surface area contributed by atoms with Gasteiger partial charge in [-0.2, -0.15) is 0 Å². The van der Waals surface area contributed by atoms with Gasteiger partial charge in [-0.05, 0) is 32.1 Å². The summed E-state index contributed by atoms with van der Waals surface area (Å²) in [7, 11) is 0. The second kappa shape index (κ2) is 2.34. The normalized spacial score (nSPS) is 29.8. The fraction of sp³-hybridized carbons (Fsp3) is 0.750. The van der Waals surface area contributed by atoms with Crippen LogP contribution in [0.4, 0.5) is 0 Å². The van der Waals surface area contributed by atoms with Gasteiger partial charge in [0.2, 0.25) is 0 Å². The van der Waals surface area contributed by atoms with E-state index < -0.39 is 0 Å². The molecule has 1 atom stereocenters. The van der Waals surface area contributed by atoms with E-state index in [0.29, 0.717) is 0 Å². The maximum Gasteiger partial charge on any atom is -0.0234 e. The molecular weight excluding hydrogens is 96.1 g/mol. The molecule has 0 heterocycles. The van der Waals surface area contributed by atoms with E-state index in [1.807, 2.05) is 0 Å². The molecule has 1 rings (SSSR count). The molecule has 46 valence electrons. The zero-order valence-corrected chi connectivity index (χ0v) is 5.78. The third kappa shape index (κ3) is 1.12. The largest absolute Gasteiger partial charge is 0.0853 e. The van der Waals surface area contributed by atoms with Crippen molar-refractivity contribution in [1.82, 2.24) is 0 Å². The Morgan fingerprint density at radius 1 is 1.62 bits per heavy atom. The number of rotatable bonds is 0. The molecule has 0 nitrogen and oxygen atoms in total. The molecule has 1 aliphatic rings. The van der Waals surface area contributed by atoms with Crippen LogP contribution >= 0.6 is 0 Å². The van der Waals surface area contributed by atoms with E-state index in [0.717, 1.165) is 5.92 Å². The average molecular weight is 110 g/mol. The highest BCUT2D eigenvalue weighted by atomic mass is 14.1. The first-order chi connectivity index (χ1) is 3.80. The van der Waals surface area contributed by atoms with Crippen LogP contribution in [0.3, 0.4) is 0 Å². The van der Waals surface area contributed by atoms with Crippen molar-refractivity contribution in [2.75, 3.05) is 0 Å². The van der Waals surface area contributed by atoms with Crippen molar-refractivity contribution in [3.05, 3.63) is 11.6 Å². The quantitative estimate of drug-likeness (QED) is 0.420. The summed E-state index contributed by atoms with van der Waals surface area (Å²) in [6, 6.07) is 0. The third-order valence-corrected chi connectivity index (χ3v) is 2.08. The fourth-order valence-corrected chi connectivity index (χ4v) is 1.18. The van der Waals surface area contributed by atoms with Crippen LogP contribution in [0.15, 0.2) is 11.6 Å². The van der Waals surface area contributed by atoms with Crippen LogP contribution in [0.2, 0.25) is 0 Å². The predicted octanol–water partition coefficient (Wildman–Crippen LogP) is 2.75. The van der Waals surface area contributed by atoms with Gasteiger partial charge < -0.3 is 0 Å². The summed E-state index contributed by atoms with van der Waals surface area (Å²) < 4.78 is 0. The zero-order chi connectivity index (χ0) is 5.98. The highest BCUT2D eigenvalue weighted by molar-refractivity contribution is 5.04. The minimum Gasteiger partial charge on any atom is -0.0853 e. The smallest absolute Gasteiger partial charge is 0.0234 e. The van der Waals surface area contributed by atoms with Crippen LogP contribution in [-0.2, 0) is 0 Å². The molecule has 0 N–H and O–H groups in total. The topological polar surface area (TPSA) is 0 Å². The van der Waals surface area contributed by atoms with Gasteiger partial charge in [-0.25, -0.2) is 0 Å². The van der Waals surface area contributed by atoms with Crippen LogP contribution in [0.1, 0.15) is 33.1 Å². The molecule has 0 fully saturated rings. The van der Waals surface area contributed by atoms with E-state index in [4.69, 9.17) is 0 Å². The lowest BCUT2D eigenvalue weighted by molar-refractivity contribution is 0.552. The molecule has 0 radical (unpaired) electrons. The van der Waals surface area contributed by atoms with Crippen molar-refractivity contribution in [2.24, 2.45) is 5.92 Å². The lowest BCUT2D eigenvalue weighted by atomic mass is 9.91. The minimum absolute atomic E-state index is 0.865. The van der Waals surface area contributed by atoms with Crippen molar-refractivity contribution >= 4 is 0 Å². The molecule has 0 aromatic heterocycles. The molecule has 0 spiro atoms. The average Bonchev–Trinajstić information content (AvgIpc) is 1.77. The van der Waals surface area contributed by atoms with Crippen LogP contribution in [0.25, 0.3) is 0 Å². The van der Waals surface area contributed by atoms with Crippen molar-refractivity contribution in [1.29, 1.82) is 0 Å². The van der Waals surface area contributed by atoms with Crippen LogP contribution in [-0.4, -0.2) is 0 Å². The Kier molecular flexibility index (Phi) is 1.72. The molecule has 0 saturated heterocycles. The Labute approximate surface area is 51.6 Å². The van der Waals surface area contributed by atoms with E-state index in [1.165, 1.54) is 19.3 Å². The molecule has 8 heavy (non-hydrogen) atoms. The van der Waals surface area contributed by atoms with Crippen molar-refractivity contribution < 1.29 is 0 Å². The molecule has 0 heteroatoms. The first kappa shape index (κ1) is 5.87. The molecule has 0 aromatic carbocycles. The van der Waals surface area contributed by atoms with Gasteiger partial charge >= 0.3 is 0 Å². The van der Waals surface area contributed by atoms with Gasteiger partial charge in [0, 0.05) is 0 Å². The van der Waals surface area contributed by atoms with Gasteiger partial charge in [0.1, 0.15) is 0 Å². The van der Waals surface area contributed by atoms with Crippen molar-refractivity contribution in [3.63, 3.8) is 0 Å². The highest BCUT2D eigenvalue weighted by Crippen LogP contribution is 2.22. The van der Waals surface area contributed by atoms with E-state index in [-0.39, 0.29) is 0 Å². The number of allylic oxidation sites excluding steroid dienone is 2. The highest BCUT2D eigenvalue weighted by Gasteiger charge is 2.06. The molecule has 1 unspecified atom stereocenters. The second-order valence-electron chi connectivity index (χ2n) is 2.78. The van der Waals surface area contributed by atoms with E-state index >= 15 is 0 Å².